The zero-order chi connectivity index (χ0) is 10.8. The summed E-state index contributed by atoms with van der Waals surface area (Å²) in [6, 6.07) is 12.3. The SMILES string of the molecule is COc1ccc2cccc([C@H](C)N)c2c1. The molecule has 2 aromatic carbocycles. The van der Waals surface area contributed by atoms with Gasteiger partial charge in [0.05, 0.1) is 7.11 Å². The molecule has 0 saturated heterocycles. The molecule has 0 unspecified atom stereocenters. The van der Waals surface area contributed by atoms with Crippen molar-refractivity contribution in [2.45, 2.75) is 13.0 Å². The Kier molecular flexibility index (Phi) is 2.60. The summed E-state index contributed by atoms with van der Waals surface area (Å²) in [6.07, 6.45) is 0. The van der Waals surface area contributed by atoms with Gasteiger partial charge in [-0.2, -0.15) is 0 Å². The normalized spacial score (nSPS) is 12.7. The highest BCUT2D eigenvalue weighted by molar-refractivity contribution is 5.87. The lowest BCUT2D eigenvalue weighted by atomic mass is 10.00. The minimum Gasteiger partial charge on any atom is -0.497 e. The van der Waals surface area contributed by atoms with E-state index in [0.29, 0.717) is 0 Å². The van der Waals surface area contributed by atoms with Crippen molar-refractivity contribution in [2.75, 3.05) is 7.11 Å². The Bertz CT molecular complexity index is 477. The molecule has 2 heteroatoms. The smallest absolute Gasteiger partial charge is 0.119 e. The third kappa shape index (κ3) is 1.81. The summed E-state index contributed by atoms with van der Waals surface area (Å²) in [4.78, 5) is 0. The lowest BCUT2D eigenvalue weighted by Gasteiger charge is -2.10. The molecule has 0 fully saturated rings. The van der Waals surface area contributed by atoms with E-state index in [2.05, 4.69) is 18.2 Å². The fourth-order valence-electron chi connectivity index (χ4n) is 1.80. The van der Waals surface area contributed by atoms with Crippen LogP contribution in [0.1, 0.15) is 18.5 Å². The third-order valence-electron chi connectivity index (χ3n) is 2.61. The van der Waals surface area contributed by atoms with Crippen molar-refractivity contribution in [2.24, 2.45) is 5.73 Å². The van der Waals surface area contributed by atoms with Gasteiger partial charge in [0.25, 0.3) is 0 Å². The van der Waals surface area contributed by atoms with Crippen molar-refractivity contribution in [1.82, 2.24) is 0 Å². The van der Waals surface area contributed by atoms with Crippen LogP contribution in [0, 0.1) is 0 Å². The lowest BCUT2D eigenvalue weighted by Crippen LogP contribution is -2.05. The molecule has 78 valence electrons. The van der Waals surface area contributed by atoms with Crippen LogP contribution < -0.4 is 10.5 Å². The first kappa shape index (κ1) is 9.99. The maximum Gasteiger partial charge on any atom is 0.119 e. The van der Waals surface area contributed by atoms with Gasteiger partial charge in [-0.1, -0.05) is 24.3 Å². The van der Waals surface area contributed by atoms with Crippen LogP contribution in [0.3, 0.4) is 0 Å². The van der Waals surface area contributed by atoms with Crippen LogP contribution in [-0.4, -0.2) is 7.11 Å². The topological polar surface area (TPSA) is 35.2 Å². The number of ether oxygens (including phenoxy) is 1. The Morgan fingerprint density at radius 1 is 1.20 bits per heavy atom. The van der Waals surface area contributed by atoms with E-state index < -0.39 is 0 Å². The molecule has 15 heavy (non-hydrogen) atoms. The second-order valence-electron chi connectivity index (χ2n) is 3.72. The van der Waals surface area contributed by atoms with Gasteiger partial charge in [0.1, 0.15) is 5.75 Å². The number of hydrogen-bond acceptors (Lipinski definition) is 2. The molecule has 0 bridgehead atoms. The van der Waals surface area contributed by atoms with Crippen LogP contribution in [0.25, 0.3) is 10.8 Å². The molecule has 0 saturated carbocycles. The molecular formula is C13H15NO. The molecule has 2 nitrogen and oxygen atoms in total. The minimum atomic E-state index is 0.0424. The van der Waals surface area contributed by atoms with E-state index in [-0.39, 0.29) is 6.04 Å². The fraction of sp³-hybridized carbons (Fsp3) is 0.231. The summed E-state index contributed by atoms with van der Waals surface area (Å²) in [5, 5.41) is 2.37. The predicted molar refractivity (Wildman–Crippen MR) is 63.1 cm³/mol. The third-order valence-corrected chi connectivity index (χ3v) is 2.61. The summed E-state index contributed by atoms with van der Waals surface area (Å²) in [7, 11) is 1.68. The van der Waals surface area contributed by atoms with Gasteiger partial charge in [0, 0.05) is 6.04 Å². The monoisotopic (exact) mass is 201 g/mol. The standard InChI is InChI=1S/C13H15NO/c1-9(14)12-5-3-4-10-6-7-11(15-2)8-13(10)12/h3-9H,14H2,1-2H3/t9-/m0/s1. The summed E-state index contributed by atoms with van der Waals surface area (Å²) in [5.41, 5.74) is 7.09. The zero-order valence-corrected chi connectivity index (χ0v) is 9.03. The maximum absolute atomic E-state index is 5.93. The van der Waals surface area contributed by atoms with Crippen molar-refractivity contribution < 1.29 is 4.74 Å². The Morgan fingerprint density at radius 3 is 2.67 bits per heavy atom. The van der Waals surface area contributed by atoms with Gasteiger partial charge in [0.2, 0.25) is 0 Å². The number of fused-ring (bicyclic) bond motifs is 1. The molecule has 0 amide bonds. The van der Waals surface area contributed by atoms with E-state index in [1.54, 1.807) is 7.11 Å². The van der Waals surface area contributed by atoms with Gasteiger partial charge in [-0.25, -0.2) is 0 Å². The highest BCUT2D eigenvalue weighted by Crippen LogP contribution is 2.26. The van der Waals surface area contributed by atoms with Crippen molar-refractivity contribution in [3.05, 3.63) is 42.0 Å². The maximum atomic E-state index is 5.93. The molecule has 0 radical (unpaired) electrons. The minimum absolute atomic E-state index is 0.0424. The molecule has 2 N–H and O–H groups in total. The first-order chi connectivity index (χ1) is 7.22. The van der Waals surface area contributed by atoms with Crippen LogP contribution in [0.4, 0.5) is 0 Å². The predicted octanol–water partition coefficient (Wildman–Crippen LogP) is 2.87. The first-order valence-electron chi connectivity index (χ1n) is 5.04. The van der Waals surface area contributed by atoms with Crippen LogP contribution in [0.2, 0.25) is 0 Å². The Labute approximate surface area is 89.7 Å². The molecule has 0 aliphatic carbocycles. The second kappa shape index (κ2) is 3.91. The molecule has 2 rings (SSSR count). The number of hydrogen-bond donors (Lipinski definition) is 1. The van der Waals surface area contributed by atoms with Crippen molar-refractivity contribution in [1.29, 1.82) is 0 Å². The van der Waals surface area contributed by atoms with Gasteiger partial charge in [0.15, 0.2) is 0 Å². The first-order valence-corrected chi connectivity index (χ1v) is 5.04. The van der Waals surface area contributed by atoms with E-state index in [1.807, 2.05) is 25.1 Å². The number of benzene rings is 2. The van der Waals surface area contributed by atoms with E-state index in [0.717, 1.165) is 11.3 Å². The van der Waals surface area contributed by atoms with Gasteiger partial charge in [-0.05, 0) is 35.4 Å². The van der Waals surface area contributed by atoms with Crippen molar-refractivity contribution >= 4 is 10.8 Å². The second-order valence-corrected chi connectivity index (χ2v) is 3.72. The van der Waals surface area contributed by atoms with E-state index >= 15 is 0 Å². The van der Waals surface area contributed by atoms with Gasteiger partial charge in [-0.15, -0.1) is 0 Å². The summed E-state index contributed by atoms with van der Waals surface area (Å²) in [6.45, 7) is 1.99. The molecule has 0 spiro atoms. The van der Waals surface area contributed by atoms with Gasteiger partial charge < -0.3 is 10.5 Å². The Balaban J connectivity index is 2.70. The molecule has 0 aliphatic heterocycles. The average Bonchev–Trinajstić information content (AvgIpc) is 2.27. The number of rotatable bonds is 2. The largest absolute Gasteiger partial charge is 0.497 e. The highest BCUT2D eigenvalue weighted by atomic mass is 16.5. The molecule has 1 atom stereocenters. The van der Waals surface area contributed by atoms with E-state index in [9.17, 15) is 0 Å². The van der Waals surface area contributed by atoms with Gasteiger partial charge >= 0.3 is 0 Å². The molecule has 0 aliphatic rings. The number of nitrogens with two attached hydrogens (primary N) is 1. The van der Waals surface area contributed by atoms with E-state index in [4.69, 9.17) is 10.5 Å². The molecule has 2 aromatic rings. The Morgan fingerprint density at radius 2 is 2.00 bits per heavy atom. The highest BCUT2D eigenvalue weighted by Gasteiger charge is 2.05. The average molecular weight is 201 g/mol. The van der Waals surface area contributed by atoms with Crippen LogP contribution in [0.15, 0.2) is 36.4 Å². The van der Waals surface area contributed by atoms with Crippen LogP contribution >= 0.6 is 0 Å². The van der Waals surface area contributed by atoms with E-state index in [1.165, 1.54) is 10.8 Å². The molecule has 0 aromatic heterocycles. The fourth-order valence-corrected chi connectivity index (χ4v) is 1.80. The van der Waals surface area contributed by atoms with Crippen LogP contribution in [-0.2, 0) is 0 Å². The van der Waals surface area contributed by atoms with Crippen molar-refractivity contribution in [3.8, 4) is 5.75 Å². The van der Waals surface area contributed by atoms with Crippen molar-refractivity contribution in [3.63, 3.8) is 0 Å². The number of methoxy groups -OCH3 is 1. The lowest BCUT2D eigenvalue weighted by molar-refractivity contribution is 0.415. The molecular weight excluding hydrogens is 186 g/mol. The summed E-state index contributed by atoms with van der Waals surface area (Å²) < 4.78 is 5.22. The zero-order valence-electron chi connectivity index (χ0n) is 9.03. The quantitative estimate of drug-likeness (QED) is 0.810. The Hall–Kier alpha value is -1.54. The molecule has 0 heterocycles. The summed E-state index contributed by atoms with van der Waals surface area (Å²) in [5.74, 6) is 0.871. The van der Waals surface area contributed by atoms with Crippen LogP contribution in [0.5, 0.6) is 5.75 Å². The van der Waals surface area contributed by atoms with Gasteiger partial charge in [-0.3, -0.25) is 0 Å². The summed E-state index contributed by atoms with van der Waals surface area (Å²) >= 11 is 0.